The molecule has 64 valence electrons. The topological polar surface area (TPSA) is 17.1 Å². The molecule has 0 radical (unpaired) electrons. The molecule has 1 aromatic rings. The Labute approximate surface area is 73.4 Å². The molecule has 1 aromatic carbocycles. The van der Waals surface area contributed by atoms with Gasteiger partial charge in [0.2, 0.25) is 0 Å². The van der Waals surface area contributed by atoms with Crippen molar-refractivity contribution in [2.24, 2.45) is 0 Å². The Hall–Kier alpha value is -0.960. The zero-order valence-electron chi connectivity index (χ0n) is 6.66. The second kappa shape index (κ2) is 4.16. The molecule has 0 heterocycles. The highest BCUT2D eigenvalue weighted by Gasteiger charge is 1.88. The lowest BCUT2D eigenvalue weighted by atomic mass is 10.2. The Morgan fingerprint density at radius 2 is 1.92 bits per heavy atom. The number of hydrogen-bond donors (Lipinski definition) is 0. The van der Waals surface area contributed by atoms with Crippen molar-refractivity contribution >= 4 is 16.9 Å². The third-order valence-corrected chi connectivity index (χ3v) is 1.84. The molecule has 0 N–H and O–H groups in total. The highest BCUT2D eigenvalue weighted by Crippen LogP contribution is 2.04. The molecule has 3 heteroatoms. The van der Waals surface area contributed by atoms with Gasteiger partial charge < -0.3 is 0 Å². The Kier molecular flexibility index (Phi) is 3.17. The van der Waals surface area contributed by atoms with Crippen molar-refractivity contribution in [2.45, 2.75) is 0 Å². The predicted molar refractivity (Wildman–Crippen MR) is 49.5 cm³/mol. The van der Waals surface area contributed by atoms with E-state index in [1.54, 1.807) is 29.9 Å². The number of benzene rings is 1. The molecule has 0 fully saturated rings. The van der Waals surface area contributed by atoms with Gasteiger partial charge >= 0.3 is 0 Å². The van der Waals surface area contributed by atoms with Gasteiger partial charge in [0.15, 0.2) is 0 Å². The van der Waals surface area contributed by atoms with Crippen molar-refractivity contribution in [1.29, 1.82) is 0 Å². The molecule has 0 aliphatic rings. The van der Waals surface area contributed by atoms with E-state index in [4.69, 9.17) is 0 Å². The number of rotatable bonds is 2. The van der Waals surface area contributed by atoms with E-state index in [9.17, 15) is 8.60 Å². The van der Waals surface area contributed by atoms with Crippen molar-refractivity contribution in [1.82, 2.24) is 0 Å². The quantitative estimate of drug-likeness (QED) is 0.688. The highest BCUT2D eigenvalue weighted by molar-refractivity contribution is 7.87. The summed E-state index contributed by atoms with van der Waals surface area (Å²) in [5.41, 5.74) is 0.853. The normalized spacial score (nSPS) is 13.5. The van der Waals surface area contributed by atoms with Gasteiger partial charge in [0, 0.05) is 22.5 Å². The summed E-state index contributed by atoms with van der Waals surface area (Å²) in [6.45, 7) is 0. The van der Waals surface area contributed by atoms with Gasteiger partial charge in [-0.25, -0.2) is 4.39 Å². The molecule has 12 heavy (non-hydrogen) atoms. The maximum Gasteiger partial charge on any atom is 0.123 e. The maximum atomic E-state index is 12.4. The summed E-state index contributed by atoms with van der Waals surface area (Å²) in [7, 11) is -0.946. The van der Waals surface area contributed by atoms with Crippen molar-refractivity contribution in [3.05, 3.63) is 41.1 Å². The third-order valence-electron chi connectivity index (χ3n) is 1.32. The van der Waals surface area contributed by atoms with E-state index in [1.165, 1.54) is 12.1 Å². The molecule has 1 atom stereocenters. The van der Waals surface area contributed by atoms with Crippen LogP contribution in [-0.4, -0.2) is 10.5 Å². The van der Waals surface area contributed by atoms with Crippen LogP contribution in [-0.2, 0) is 10.8 Å². The first-order valence-electron chi connectivity index (χ1n) is 3.44. The lowest BCUT2D eigenvalue weighted by molar-refractivity contribution is 0.628. The summed E-state index contributed by atoms with van der Waals surface area (Å²) < 4.78 is 23.0. The first kappa shape index (κ1) is 9.13. The van der Waals surface area contributed by atoms with Crippen LogP contribution >= 0.6 is 0 Å². The smallest absolute Gasteiger partial charge is 0.123 e. The van der Waals surface area contributed by atoms with Gasteiger partial charge in [-0.15, -0.1) is 0 Å². The van der Waals surface area contributed by atoms with Crippen LogP contribution in [0, 0.1) is 5.82 Å². The molecule has 0 aliphatic carbocycles. The number of hydrogen-bond acceptors (Lipinski definition) is 1. The van der Waals surface area contributed by atoms with Crippen molar-refractivity contribution in [2.75, 3.05) is 6.26 Å². The molecule has 0 bridgehead atoms. The van der Waals surface area contributed by atoms with E-state index in [0.717, 1.165) is 5.56 Å². The Balaban J connectivity index is 2.77. The largest absolute Gasteiger partial charge is 0.255 e. The fraction of sp³-hybridized carbons (Fsp3) is 0.111. The maximum absolute atomic E-state index is 12.4. The Bertz CT molecular complexity index is 303. The molecular weight excluding hydrogens is 175 g/mol. The predicted octanol–water partition coefficient (Wildman–Crippen LogP) is 2.17. The standard InChI is InChI=1S/C9H9FOS/c1-12(11)7-6-8-2-4-9(10)5-3-8/h2-7H,1H3. The SMILES string of the molecule is CS(=O)C=Cc1ccc(F)cc1. The molecule has 0 saturated heterocycles. The lowest BCUT2D eigenvalue weighted by Crippen LogP contribution is -1.77. The van der Waals surface area contributed by atoms with Crippen molar-refractivity contribution < 1.29 is 8.60 Å². The van der Waals surface area contributed by atoms with E-state index in [-0.39, 0.29) is 5.82 Å². The average molecular weight is 184 g/mol. The van der Waals surface area contributed by atoms with Gasteiger partial charge in [-0.2, -0.15) is 0 Å². The molecule has 0 aromatic heterocycles. The molecular formula is C9H9FOS. The molecule has 0 saturated carbocycles. The van der Waals surface area contributed by atoms with Crippen LogP contribution in [0.3, 0.4) is 0 Å². The second-order valence-corrected chi connectivity index (χ2v) is 3.62. The Morgan fingerprint density at radius 1 is 1.33 bits per heavy atom. The fourth-order valence-electron chi connectivity index (χ4n) is 0.748. The van der Waals surface area contributed by atoms with E-state index in [1.807, 2.05) is 0 Å². The third kappa shape index (κ3) is 2.96. The minimum Gasteiger partial charge on any atom is -0.255 e. The summed E-state index contributed by atoms with van der Waals surface area (Å²) in [6.07, 6.45) is 3.29. The summed E-state index contributed by atoms with van der Waals surface area (Å²) >= 11 is 0. The van der Waals surface area contributed by atoms with Crippen molar-refractivity contribution in [3.63, 3.8) is 0 Å². The van der Waals surface area contributed by atoms with Gasteiger partial charge in [-0.3, -0.25) is 4.21 Å². The van der Waals surface area contributed by atoms with Gasteiger partial charge in [-0.1, -0.05) is 12.1 Å². The van der Waals surface area contributed by atoms with Crippen molar-refractivity contribution in [3.8, 4) is 0 Å². The van der Waals surface area contributed by atoms with E-state index in [2.05, 4.69) is 0 Å². The molecule has 1 unspecified atom stereocenters. The van der Waals surface area contributed by atoms with Gasteiger partial charge in [0.25, 0.3) is 0 Å². The highest BCUT2D eigenvalue weighted by atomic mass is 32.2. The molecule has 1 nitrogen and oxygen atoms in total. The van der Waals surface area contributed by atoms with Gasteiger partial charge in [0.05, 0.1) is 0 Å². The molecule has 0 spiro atoms. The summed E-state index contributed by atoms with van der Waals surface area (Å²) in [4.78, 5) is 0. The van der Waals surface area contributed by atoms with Gasteiger partial charge in [-0.05, 0) is 23.8 Å². The first-order valence-corrected chi connectivity index (χ1v) is 5.06. The van der Waals surface area contributed by atoms with Gasteiger partial charge in [0.1, 0.15) is 5.82 Å². The van der Waals surface area contributed by atoms with Crippen LogP contribution in [0.15, 0.2) is 29.7 Å². The average Bonchev–Trinajstić information content (AvgIpc) is 2.03. The van der Waals surface area contributed by atoms with Crippen LogP contribution in [0.5, 0.6) is 0 Å². The monoisotopic (exact) mass is 184 g/mol. The summed E-state index contributed by atoms with van der Waals surface area (Å²) in [6, 6.07) is 6.02. The minimum atomic E-state index is -0.946. The van der Waals surface area contributed by atoms with E-state index >= 15 is 0 Å². The molecule has 1 rings (SSSR count). The summed E-state index contributed by atoms with van der Waals surface area (Å²) in [5, 5.41) is 1.56. The minimum absolute atomic E-state index is 0.259. The van der Waals surface area contributed by atoms with Crippen LogP contribution in [0.25, 0.3) is 6.08 Å². The zero-order chi connectivity index (χ0) is 8.97. The zero-order valence-corrected chi connectivity index (χ0v) is 7.48. The Morgan fingerprint density at radius 3 is 2.42 bits per heavy atom. The van der Waals surface area contributed by atoms with E-state index in [0.29, 0.717) is 0 Å². The lowest BCUT2D eigenvalue weighted by Gasteiger charge is -1.91. The molecule has 0 amide bonds. The van der Waals surface area contributed by atoms with Crippen LogP contribution in [0.1, 0.15) is 5.56 Å². The van der Waals surface area contributed by atoms with Crippen LogP contribution < -0.4 is 0 Å². The first-order chi connectivity index (χ1) is 5.68. The second-order valence-electron chi connectivity index (χ2n) is 2.35. The van der Waals surface area contributed by atoms with E-state index < -0.39 is 10.8 Å². The van der Waals surface area contributed by atoms with Crippen LogP contribution in [0.2, 0.25) is 0 Å². The summed E-state index contributed by atoms with van der Waals surface area (Å²) in [5.74, 6) is -0.259. The number of halogens is 1. The fourth-order valence-corrected chi connectivity index (χ4v) is 1.10. The van der Waals surface area contributed by atoms with Crippen LogP contribution in [0.4, 0.5) is 4.39 Å². The molecule has 0 aliphatic heterocycles.